The second-order valence-electron chi connectivity index (χ2n) is 3.70. The highest BCUT2D eigenvalue weighted by Gasteiger charge is 2.22. The van der Waals surface area contributed by atoms with E-state index < -0.39 is 32.1 Å². The van der Waals surface area contributed by atoms with Crippen LogP contribution in [0.5, 0.6) is 0 Å². The molecule has 0 aliphatic heterocycles. The first kappa shape index (κ1) is 15.6. The molecule has 0 saturated carbocycles. The molecule has 1 aromatic rings. The third-order valence-electron chi connectivity index (χ3n) is 2.15. The number of nitrogens with one attached hydrogen (secondary N) is 1. The van der Waals surface area contributed by atoms with E-state index in [0.29, 0.717) is 0 Å². The minimum absolute atomic E-state index is 0.377. The molecule has 0 heterocycles. The topological polar surface area (TPSA) is 144 Å². The summed E-state index contributed by atoms with van der Waals surface area (Å²) in [6, 6.07) is 2.97. The zero-order valence-electron chi connectivity index (χ0n) is 9.77. The Labute approximate surface area is 110 Å². The van der Waals surface area contributed by atoms with E-state index in [2.05, 4.69) is 0 Å². The lowest BCUT2D eigenvalue weighted by Gasteiger charge is -2.10. The summed E-state index contributed by atoms with van der Waals surface area (Å²) >= 11 is 0. The summed E-state index contributed by atoms with van der Waals surface area (Å²) in [4.78, 5) is 9.83. The van der Waals surface area contributed by atoms with Crippen LogP contribution >= 0.6 is 0 Å². The molecule has 0 radical (unpaired) electrons. The van der Waals surface area contributed by atoms with Gasteiger partial charge >= 0.3 is 5.97 Å². The van der Waals surface area contributed by atoms with Crippen molar-refractivity contribution in [2.24, 2.45) is 5.14 Å². The van der Waals surface area contributed by atoms with E-state index in [1.807, 2.05) is 4.72 Å². The number of carbonyl (C=O) groups is 1. The fourth-order valence-electron chi connectivity index (χ4n) is 1.17. The second kappa shape index (κ2) is 5.25. The van der Waals surface area contributed by atoms with Gasteiger partial charge in [-0.3, -0.25) is 4.79 Å². The lowest BCUT2D eigenvalue weighted by atomic mass is 10.4. The molecule has 4 N–H and O–H groups in total. The summed E-state index contributed by atoms with van der Waals surface area (Å²) in [5.74, 6) is -1.36. The molecular weight excluding hydrogens is 296 g/mol. The molecule has 19 heavy (non-hydrogen) atoms. The van der Waals surface area contributed by atoms with Crippen molar-refractivity contribution in [2.75, 3.05) is 0 Å². The number of aliphatic carboxylic acids is 1. The van der Waals surface area contributed by atoms with Gasteiger partial charge in [0.05, 0.1) is 9.79 Å². The first-order valence-electron chi connectivity index (χ1n) is 4.92. The van der Waals surface area contributed by atoms with Gasteiger partial charge < -0.3 is 5.11 Å². The smallest absolute Gasteiger partial charge is 0.321 e. The van der Waals surface area contributed by atoms with Crippen molar-refractivity contribution in [1.82, 2.24) is 4.72 Å². The molecule has 0 amide bonds. The third kappa shape index (κ3) is 3.99. The van der Waals surface area contributed by atoms with Crippen LogP contribution in [-0.4, -0.2) is 34.0 Å². The fourth-order valence-corrected chi connectivity index (χ4v) is 3.05. The van der Waals surface area contributed by atoms with Crippen LogP contribution in [0.15, 0.2) is 34.1 Å². The molecule has 106 valence electrons. The summed E-state index contributed by atoms with van der Waals surface area (Å²) in [6.07, 6.45) is 0. The molecule has 0 spiro atoms. The molecule has 0 saturated heterocycles. The summed E-state index contributed by atoms with van der Waals surface area (Å²) in [5.41, 5.74) is 0. The minimum Gasteiger partial charge on any atom is -0.480 e. The van der Waals surface area contributed by atoms with Gasteiger partial charge in [0.1, 0.15) is 6.04 Å². The molecule has 8 nitrogen and oxygen atoms in total. The molecule has 1 atom stereocenters. The SMILES string of the molecule is C[C@H](NS(=O)(=O)c1cccc(S(N)(=O)=O)c1)C(=O)O. The van der Waals surface area contributed by atoms with E-state index in [1.165, 1.54) is 6.07 Å². The predicted octanol–water partition coefficient (Wildman–Crippen LogP) is -0.915. The first-order chi connectivity index (χ1) is 8.54. The Kier molecular flexibility index (Phi) is 4.30. The van der Waals surface area contributed by atoms with Crippen molar-refractivity contribution >= 4 is 26.0 Å². The highest BCUT2D eigenvalue weighted by Crippen LogP contribution is 2.14. The average molecular weight is 308 g/mol. The van der Waals surface area contributed by atoms with Gasteiger partial charge in [-0.1, -0.05) is 6.07 Å². The van der Waals surface area contributed by atoms with Crippen molar-refractivity contribution in [2.45, 2.75) is 22.8 Å². The zero-order chi connectivity index (χ0) is 14.8. The van der Waals surface area contributed by atoms with Crippen LogP contribution in [0, 0.1) is 0 Å². The van der Waals surface area contributed by atoms with Crippen LogP contribution in [0.4, 0.5) is 0 Å². The summed E-state index contributed by atoms with van der Waals surface area (Å²) in [5, 5.41) is 13.5. The number of carboxylic acids is 1. The number of hydrogen-bond donors (Lipinski definition) is 3. The third-order valence-corrected chi connectivity index (χ3v) is 4.60. The van der Waals surface area contributed by atoms with E-state index >= 15 is 0 Å². The van der Waals surface area contributed by atoms with Crippen molar-refractivity contribution in [3.8, 4) is 0 Å². The largest absolute Gasteiger partial charge is 0.480 e. The highest BCUT2D eigenvalue weighted by molar-refractivity contribution is 7.90. The van der Waals surface area contributed by atoms with Gasteiger partial charge in [0, 0.05) is 0 Å². The molecule has 0 unspecified atom stereocenters. The predicted molar refractivity (Wildman–Crippen MR) is 65.2 cm³/mol. The van der Waals surface area contributed by atoms with Crippen LogP contribution in [-0.2, 0) is 24.8 Å². The zero-order valence-corrected chi connectivity index (χ0v) is 11.4. The molecule has 0 bridgehead atoms. The lowest BCUT2D eigenvalue weighted by molar-refractivity contribution is -0.138. The molecule has 0 fully saturated rings. The maximum absolute atomic E-state index is 11.8. The normalized spacial score (nSPS) is 14.0. The molecule has 0 aromatic heterocycles. The Hall–Kier alpha value is -1.49. The molecular formula is C9H12N2O6S2. The first-order valence-corrected chi connectivity index (χ1v) is 7.95. The number of carboxylic acid groups (broad SMARTS) is 1. The Morgan fingerprint density at radius 3 is 2.26 bits per heavy atom. The van der Waals surface area contributed by atoms with Gasteiger partial charge in [0.2, 0.25) is 20.0 Å². The van der Waals surface area contributed by atoms with Crippen LogP contribution < -0.4 is 9.86 Å². The van der Waals surface area contributed by atoms with Gasteiger partial charge in [-0.2, -0.15) is 4.72 Å². The van der Waals surface area contributed by atoms with Gasteiger partial charge in [-0.05, 0) is 25.1 Å². The van der Waals surface area contributed by atoms with E-state index in [4.69, 9.17) is 10.2 Å². The number of hydrogen-bond acceptors (Lipinski definition) is 5. The molecule has 1 rings (SSSR count). The van der Waals surface area contributed by atoms with E-state index in [-0.39, 0.29) is 9.79 Å². The van der Waals surface area contributed by atoms with Crippen molar-refractivity contribution in [1.29, 1.82) is 0 Å². The summed E-state index contributed by atoms with van der Waals surface area (Å²) in [6.45, 7) is 1.14. The standard InChI is InChI=1S/C9H12N2O6S2/c1-6(9(12)13)11-19(16,17)8-4-2-3-7(5-8)18(10,14)15/h2-6,11H,1H3,(H,12,13)(H2,10,14,15)/t6-/m0/s1. The average Bonchev–Trinajstić information content (AvgIpc) is 2.27. The number of benzene rings is 1. The Balaban J connectivity index is 3.20. The van der Waals surface area contributed by atoms with Crippen LogP contribution in [0.25, 0.3) is 0 Å². The van der Waals surface area contributed by atoms with Crippen LogP contribution in [0.3, 0.4) is 0 Å². The van der Waals surface area contributed by atoms with Crippen molar-refractivity contribution < 1.29 is 26.7 Å². The highest BCUT2D eigenvalue weighted by atomic mass is 32.2. The van der Waals surface area contributed by atoms with Crippen LogP contribution in [0.1, 0.15) is 6.92 Å². The Bertz CT molecular complexity index is 695. The van der Waals surface area contributed by atoms with Gasteiger partial charge in [-0.15, -0.1) is 0 Å². The molecule has 10 heteroatoms. The van der Waals surface area contributed by atoms with Crippen molar-refractivity contribution in [3.63, 3.8) is 0 Å². The molecule has 1 aromatic carbocycles. The number of primary sulfonamides is 1. The number of sulfonamides is 2. The lowest BCUT2D eigenvalue weighted by Crippen LogP contribution is -2.38. The quantitative estimate of drug-likeness (QED) is 0.642. The monoisotopic (exact) mass is 308 g/mol. The van der Waals surface area contributed by atoms with Crippen LogP contribution in [0.2, 0.25) is 0 Å². The Morgan fingerprint density at radius 2 is 1.79 bits per heavy atom. The molecule has 0 aliphatic carbocycles. The van der Waals surface area contributed by atoms with Gasteiger partial charge in [0.15, 0.2) is 0 Å². The summed E-state index contributed by atoms with van der Waals surface area (Å²) < 4.78 is 47.7. The Morgan fingerprint density at radius 1 is 1.26 bits per heavy atom. The minimum atomic E-state index is -4.14. The number of nitrogens with two attached hydrogens (primary N) is 1. The van der Waals surface area contributed by atoms with Gasteiger partial charge in [-0.25, -0.2) is 22.0 Å². The van der Waals surface area contributed by atoms with Crippen molar-refractivity contribution in [3.05, 3.63) is 24.3 Å². The fraction of sp³-hybridized carbons (Fsp3) is 0.222. The molecule has 0 aliphatic rings. The van der Waals surface area contributed by atoms with E-state index in [1.54, 1.807) is 0 Å². The number of rotatable bonds is 5. The van der Waals surface area contributed by atoms with E-state index in [9.17, 15) is 21.6 Å². The maximum atomic E-state index is 11.8. The summed E-state index contributed by atoms with van der Waals surface area (Å²) in [7, 11) is -8.18. The van der Waals surface area contributed by atoms with Gasteiger partial charge in [0.25, 0.3) is 0 Å². The maximum Gasteiger partial charge on any atom is 0.321 e. The van der Waals surface area contributed by atoms with E-state index in [0.717, 1.165) is 25.1 Å². The second-order valence-corrected chi connectivity index (χ2v) is 6.98.